The van der Waals surface area contributed by atoms with E-state index in [-0.39, 0.29) is 5.69 Å². The van der Waals surface area contributed by atoms with E-state index < -0.39 is 4.92 Å². The molecule has 0 amide bonds. The van der Waals surface area contributed by atoms with Crippen LogP contribution in [0, 0.1) is 10.1 Å². The monoisotopic (exact) mass is 311 g/mol. The molecular weight excluding hydrogens is 302 g/mol. The van der Waals surface area contributed by atoms with Gasteiger partial charge in [0.25, 0.3) is 5.69 Å². The van der Waals surface area contributed by atoms with Crippen molar-refractivity contribution < 1.29 is 9.66 Å². The first kappa shape index (κ1) is 12.6. The van der Waals surface area contributed by atoms with Gasteiger partial charge >= 0.3 is 0 Å². The van der Waals surface area contributed by atoms with Gasteiger partial charge in [0.05, 0.1) is 34.5 Å². The third-order valence-corrected chi connectivity index (χ3v) is 3.09. The van der Waals surface area contributed by atoms with Gasteiger partial charge in [-0.1, -0.05) is 0 Å². The number of non-ortho nitro benzene ring substituents is 1. The van der Waals surface area contributed by atoms with Gasteiger partial charge in [0.15, 0.2) is 0 Å². The molecule has 0 aliphatic heterocycles. The summed E-state index contributed by atoms with van der Waals surface area (Å²) >= 11 is 3.37. The minimum atomic E-state index is -0.448. The number of aromatic nitrogens is 2. The summed E-state index contributed by atoms with van der Waals surface area (Å²) < 4.78 is 7.49. The average molecular weight is 312 g/mol. The SMILES string of the molecule is COc1cc(-c2c(Br)cnn2C)cc([N+](=O)[O-])c1. The van der Waals surface area contributed by atoms with Crippen LogP contribution in [0.1, 0.15) is 0 Å². The number of aryl methyl sites for hydroxylation is 1. The summed E-state index contributed by atoms with van der Waals surface area (Å²) in [5.74, 6) is 0.437. The van der Waals surface area contributed by atoms with Crippen LogP contribution in [0.15, 0.2) is 28.9 Å². The number of halogens is 1. The zero-order valence-corrected chi connectivity index (χ0v) is 11.3. The van der Waals surface area contributed by atoms with Crippen molar-refractivity contribution in [2.24, 2.45) is 7.05 Å². The number of hydrogen-bond donors (Lipinski definition) is 0. The van der Waals surface area contributed by atoms with Gasteiger partial charge in [0.1, 0.15) is 5.75 Å². The molecule has 0 radical (unpaired) electrons. The van der Waals surface area contributed by atoms with Gasteiger partial charge in [-0.3, -0.25) is 14.8 Å². The van der Waals surface area contributed by atoms with E-state index in [2.05, 4.69) is 21.0 Å². The van der Waals surface area contributed by atoms with Gasteiger partial charge in [-0.15, -0.1) is 0 Å². The summed E-state index contributed by atoms with van der Waals surface area (Å²) in [6, 6.07) is 4.60. The number of nitro benzene ring substituents is 1. The lowest BCUT2D eigenvalue weighted by Crippen LogP contribution is -1.96. The number of nitrogens with zero attached hydrogens (tertiary/aromatic N) is 3. The van der Waals surface area contributed by atoms with Crippen LogP contribution in [0.5, 0.6) is 5.75 Å². The smallest absolute Gasteiger partial charge is 0.273 e. The Kier molecular flexibility index (Phi) is 3.33. The molecule has 2 rings (SSSR count). The fourth-order valence-corrected chi connectivity index (χ4v) is 2.26. The molecule has 0 aliphatic carbocycles. The molecule has 0 saturated carbocycles. The largest absolute Gasteiger partial charge is 0.496 e. The molecule has 0 aliphatic rings. The first-order valence-electron chi connectivity index (χ1n) is 5.04. The van der Waals surface area contributed by atoms with Crippen molar-refractivity contribution in [3.05, 3.63) is 39.0 Å². The summed E-state index contributed by atoms with van der Waals surface area (Å²) in [4.78, 5) is 10.4. The van der Waals surface area contributed by atoms with Gasteiger partial charge in [-0.05, 0) is 22.0 Å². The predicted molar refractivity (Wildman–Crippen MR) is 69.6 cm³/mol. The van der Waals surface area contributed by atoms with Crippen LogP contribution < -0.4 is 4.74 Å². The number of nitro groups is 1. The molecule has 0 saturated heterocycles. The lowest BCUT2D eigenvalue weighted by molar-refractivity contribution is -0.384. The number of ether oxygens (including phenoxy) is 1. The normalized spacial score (nSPS) is 10.4. The van der Waals surface area contributed by atoms with Crippen molar-refractivity contribution in [1.82, 2.24) is 9.78 Å². The molecule has 2 aromatic rings. The lowest BCUT2D eigenvalue weighted by atomic mass is 10.1. The van der Waals surface area contributed by atoms with E-state index in [4.69, 9.17) is 4.74 Å². The molecule has 1 aromatic heterocycles. The third-order valence-electron chi connectivity index (χ3n) is 2.51. The second kappa shape index (κ2) is 4.77. The summed E-state index contributed by atoms with van der Waals surface area (Å²) in [5.41, 5.74) is 1.42. The molecule has 1 heterocycles. The Morgan fingerprint density at radius 2 is 2.17 bits per heavy atom. The molecule has 0 unspecified atom stereocenters. The van der Waals surface area contributed by atoms with Gasteiger partial charge in [0, 0.05) is 18.7 Å². The lowest BCUT2D eigenvalue weighted by Gasteiger charge is -2.06. The van der Waals surface area contributed by atoms with Crippen molar-refractivity contribution in [1.29, 1.82) is 0 Å². The number of hydrogen-bond acceptors (Lipinski definition) is 4. The fourth-order valence-electron chi connectivity index (χ4n) is 1.68. The van der Waals surface area contributed by atoms with Crippen molar-refractivity contribution in [2.45, 2.75) is 0 Å². The van der Waals surface area contributed by atoms with Gasteiger partial charge < -0.3 is 4.74 Å². The highest BCUT2D eigenvalue weighted by Gasteiger charge is 2.15. The maximum atomic E-state index is 10.9. The van der Waals surface area contributed by atoms with Crippen LogP contribution in [0.4, 0.5) is 5.69 Å². The van der Waals surface area contributed by atoms with Gasteiger partial charge in [-0.2, -0.15) is 5.10 Å². The highest BCUT2D eigenvalue weighted by atomic mass is 79.9. The maximum Gasteiger partial charge on any atom is 0.273 e. The molecule has 1 aromatic carbocycles. The van der Waals surface area contributed by atoms with Crippen LogP contribution >= 0.6 is 15.9 Å². The number of methoxy groups -OCH3 is 1. The zero-order valence-electron chi connectivity index (χ0n) is 9.75. The molecule has 6 nitrogen and oxygen atoms in total. The second-order valence-electron chi connectivity index (χ2n) is 3.64. The zero-order chi connectivity index (χ0) is 13.3. The van der Waals surface area contributed by atoms with E-state index in [0.717, 1.165) is 10.2 Å². The number of rotatable bonds is 3. The molecule has 0 fully saturated rings. The second-order valence-corrected chi connectivity index (χ2v) is 4.50. The molecule has 0 N–H and O–H groups in total. The Morgan fingerprint density at radius 3 is 2.67 bits per heavy atom. The molecule has 7 heteroatoms. The Morgan fingerprint density at radius 1 is 1.44 bits per heavy atom. The Hall–Kier alpha value is -1.89. The number of benzene rings is 1. The molecule has 18 heavy (non-hydrogen) atoms. The highest BCUT2D eigenvalue weighted by molar-refractivity contribution is 9.10. The van der Waals surface area contributed by atoms with E-state index in [1.54, 1.807) is 24.0 Å². The Labute approximate surface area is 111 Å². The van der Waals surface area contributed by atoms with Gasteiger partial charge in [-0.25, -0.2) is 0 Å². The predicted octanol–water partition coefficient (Wildman–Crippen LogP) is 2.77. The van der Waals surface area contributed by atoms with Crippen LogP contribution in [-0.4, -0.2) is 21.8 Å². The van der Waals surface area contributed by atoms with E-state index in [0.29, 0.717) is 11.3 Å². The standard InChI is InChI=1S/C11H10BrN3O3/c1-14-11(10(12)6-13-14)7-3-8(15(16)17)5-9(4-7)18-2/h3-6H,1-2H3. The van der Waals surface area contributed by atoms with Crippen LogP contribution in [0.25, 0.3) is 11.3 Å². The Bertz CT molecular complexity index is 590. The first-order chi connectivity index (χ1) is 8.52. The minimum Gasteiger partial charge on any atom is -0.496 e. The molecular formula is C11H10BrN3O3. The molecule has 0 atom stereocenters. The van der Waals surface area contributed by atoms with Crippen molar-refractivity contribution in [3.8, 4) is 17.0 Å². The molecule has 0 spiro atoms. The van der Waals surface area contributed by atoms with Gasteiger partial charge in [0.2, 0.25) is 0 Å². The summed E-state index contributed by atoms with van der Waals surface area (Å²) in [6.07, 6.45) is 1.64. The van der Waals surface area contributed by atoms with Crippen molar-refractivity contribution in [2.75, 3.05) is 7.11 Å². The van der Waals surface area contributed by atoms with Crippen molar-refractivity contribution >= 4 is 21.6 Å². The summed E-state index contributed by atoms with van der Waals surface area (Å²) in [5, 5.41) is 15.0. The minimum absolute atomic E-state index is 0.0162. The van der Waals surface area contributed by atoms with E-state index in [9.17, 15) is 10.1 Å². The van der Waals surface area contributed by atoms with Crippen LogP contribution in [0.2, 0.25) is 0 Å². The quantitative estimate of drug-likeness (QED) is 0.645. The fraction of sp³-hybridized carbons (Fsp3) is 0.182. The van der Waals surface area contributed by atoms with E-state index in [1.165, 1.54) is 19.2 Å². The van der Waals surface area contributed by atoms with E-state index >= 15 is 0 Å². The molecule has 94 valence electrons. The Balaban J connectivity index is 2.64. The molecule has 0 bridgehead atoms. The first-order valence-corrected chi connectivity index (χ1v) is 5.83. The third kappa shape index (κ3) is 2.21. The average Bonchev–Trinajstić information content (AvgIpc) is 2.68. The summed E-state index contributed by atoms with van der Waals surface area (Å²) in [6.45, 7) is 0. The maximum absolute atomic E-state index is 10.9. The van der Waals surface area contributed by atoms with Crippen LogP contribution in [-0.2, 0) is 7.05 Å². The van der Waals surface area contributed by atoms with Crippen molar-refractivity contribution in [3.63, 3.8) is 0 Å². The summed E-state index contributed by atoms with van der Waals surface area (Å²) in [7, 11) is 3.24. The van der Waals surface area contributed by atoms with E-state index in [1.807, 2.05) is 0 Å². The topological polar surface area (TPSA) is 70.2 Å². The van der Waals surface area contributed by atoms with Crippen LogP contribution in [0.3, 0.4) is 0 Å². The highest BCUT2D eigenvalue weighted by Crippen LogP contribution is 2.33.